The minimum Gasteiger partial charge on any atom is -0.325 e. The van der Waals surface area contributed by atoms with Crippen LogP contribution in [0, 0.1) is 18.3 Å². The van der Waals surface area contributed by atoms with E-state index in [0.29, 0.717) is 17.0 Å². The number of benzene rings is 2. The molecule has 1 amide bonds. The van der Waals surface area contributed by atoms with Gasteiger partial charge in [0.15, 0.2) is 0 Å². The summed E-state index contributed by atoms with van der Waals surface area (Å²) in [6, 6.07) is 17.2. The van der Waals surface area contributed by atoms with Crippen molar-refractivity contribution in [2.24, 2.45) is 0 Å². The quantitative estimate of drug-likeness (QED) is 0.914. The van der Waals surface area contributed by atoms with E-state index >= 15 is 0 Å². The van der Waals surface area contributed by atoms with Gasteiger partial charge < -0.3 is 5.32 Å². The SMILES string of the molecule is Cc1ccccc1CSCC(=O)Nc1cccc(C#N)c1. The maximum atomic E-state index is 11.9. The number of carbonyl (C=O) groups is 1. The van der Waals surface area contributed by atoms with E-state index in [2.05, 4.69) is 30.4 Å². The third kappa shape index (κ3) is 4.66. The van der Waals surface area contributed by atoms with Crippen LogP contribution in [0.25, 0.3) is 0 Å². The zero-order chi connectivity index (χ0) is 15.1. The first-order valence-corrected chi connectivity index (χ1v) is 7.77. The predicted molar refractivity (Wildman–Crippen MR) is 87.1 cm³/mol. The van der Waals surface area contributed by atoms with Crippen LogP contribution >= 0.6 is 11.8 Å². The summed E-state index contributed by atoms with van der Waals surface area (Å²) in [5, 5.41) is 11.6. The number of nitriles is 1. The molecule has 0 atom stereocenters. The van der Waals surface area contributed by atoms with Gasteiger partial charge in [0.2, 0.25) is 5.91 Å². The number of rotatable bonds is 5. The van der Waals surface area contributed by atoms with E-state index in [0.717, 1.165) is 5.75 Å². The number of carbonyl (C=O) groups excluding carboxylic acids is 1. The first-order chi connectivity index (χ1) is 10.2. The van der Waals surface area contributed by atoms with Crippen LogP contribution in [-0.4, -0.2) is 11.7 Å². The van der Waals surface area contributed by atoms with Crippen LogP contribution in [0.5, 0.6) is 0 Å². The van der Waals surface area contributed by atoms with Crippen LogP contribution in [0.3, 0.4) is 0 Å². The normalized spacial score (nSPS) is 9.90. The Morgan fingerprint density at radius 3 is 2.81 bits per heavy atom. The molecule has 2 aromatic carbocycles. The number of nitrogens with one attached hydrogen (secondary N) is 1. The van der Waals surface area contributed by atoms with Crippen molar-refractivity contribution in [1.82, 2.24) is 0 Å². The van der Waals surface area contributed by atoms with Crippen molar-refractivity contribution in [3.05, 3.63) is 65.2 Å². The molecule has 4 heteroatoms. The summed E-state index contributed by atoms with van der Waals surface area (Å²) in [6.07, 6.45) is 0. The summed E-state index contributed by atoms with van der Waals surface area (Å²) < 4.78 is 0. The summed E-state index contributed by atoms with van der Waals surface area (Å²) in [7, 11) is 0. The Bertz CT molecular complexity index is 676. The summed E-state index contributed by atoms with van der Waals surface area (Å²) in [4.78, 5) is 11.9. The lowest BCUT2D eigenvalue weighted by Gasteiger charge is -2.07. The molecule has 0 heterocycles. The Morgan fingerprint density at radius 1 is 1.24 bits per heavy atom. The van der Waals surface area contributed by atoms with E-state index in [-0.39, 0.29) is 5.91 Å². The van der Waals surface area contributed by atoms with Crippen LogP contribution in [0.15, 0.2) is 48.5 Å². The Hall–Kier alpha value is -2.25. The fraction of sp³-hybridized carbons (Fsp3) is 0.176. The van der Waals surface area contributed by atoms with Crippen LogP contribution in [0.1, 0.15) is 16.7 Å². The Labute approximate surface area is 129 Å². The summed E-state index contributed by atoms with van der Waals surface area (Å²) >= 11 is 1.58. The molecule has 0 aliphatic rings. The van der Waals surface area contributed by atoms with Crippen molar-refractivity contribution in [2.45, 2.75) is 12.7 Å². The van der Waals surface area contributed by atoms with Crippen molar-refractivity contribution < 1.29 is 4.79 Å². The van der Waals surface area contributed by atoms with E-state index < -0.39 is 0 Å². The van der Waals surface area contributed by atoms with E-state index in [4.69, 9.17) is 5.26 Å². The average Bonchev–Trinajstić information content (AvgIpc) is 2.49. The number of anilines is 1. The molecule has 0 aromatic heterocycles. The maximum Gasteiger partial charge on any atom is 0.234 e. The van der Waals surface area contributed by atoms with Crippen molar-refractivity contribution in [3.63, 3.8) is 0 Å². The van der Waals surface area contributed by atoms with Crippen molar-refractivity contribution in [2.75, 3.05) is 11.1 Å². The number of aryl methyl sites for hydroxylation is 1. The fourth-order valence-corrected chi connectivity index (χ4v) is 2.79. The monoisotopic (exact) mass is 296 g/mol. The zero-order valence-corrected chi connectivity index (χ0v) is 12.6. The van der Waals surface area contributed by atoms with Gasteiger partial charge >= 0.3 is 0 Å². The smallest absolute Gasteiger partial charge is 0.234 e. The summed E-state index contributed by atoms with van der Waals surface area (Å²) in [6.45, 7) is 2.07. The van der Waals surface area contributed by atoms with E-state index in [1.165, 1.54) is 11.1 Å². The van der Waals surface area contributed by atoms with Crippen LogP contribution in [0.4, 0.5) is 5.69 Å². The average molecular weight is 296 g/mol. The lowest BCUT2D eigenvalue weighted by molar-refractivity contribution is -0.113. The minimum atomic E-state index is -0.0522. The Morgan fingerprint density at radius 2 is 2.05 bits per heavy atom. The van der Waals surface area contributed by atoms with Crippen LogP contribution in [-0.2, 0) is 10.5 Å². The second kappa shape index (κ2) is 7.51. The van der Waals surface area contributed by atoms with Gasteiger partial charge in [0.25, 0.3) is 0 Å². The molecule has 2 aromatic rings. The fourth-order valence-electron chi connectivity index (χ4n) is 1.89. The second-order valence-corrected chi connectivity index (χ2v) is 5.65. The molecule has 0 spiro atoms. The summed E-state index contributed by atoms with van der Waals surface area (Å²) in [5.41, 5.74) is 3.70. The lowest BCUT2D eigenvalue weighted by atomic mass is 10.1. The number of amides is 1. The first-order valence-electron chi connectivity index (χ1n) is 6.61. The maximum absolute atomic E-state index is 11.9. The molecular weight excluding hydrogens is 280 g/mol. The summed E-state index contributed by atoms with van der Waals surface area (Å²) in [5.74, 6) is 1.16. The van der Waals surface area contributed by atoms with E-state index in [9.17, 15) is 4.79 Å². The predicted octanol–water partition coefficient (Wildman–Crippen LogP) is 3.74. The second-order valence-electron chi connectivity index (χ2n) is 4.66. The molecule has 1 N–H and O–H groups in total. The highest BCUT2D eigenvalue weighted by atomic mass is 32.2. The highest BCUT2D eigenvalue weighted by molar-refractivity contribution is 7.99. The molecule has 0 saturated heterocycles. The largest absolute Gasteiger partial charge is 0.325 e. The van der Waals surface area contributed by atoms with Gasteiger partial charge in [0, 0.05) is 11.4 Å². The van der Waals surface area contributed by atoms with Gasteiger partial charge in [-0.1, -0.05) is 30.3 Å². The first kappa shape index (κ1) is 15.1. The van der Waals surface area contributed by atoms with Gasteiger partial charge in [0.05, 0.1) is 17.4 Å². The van der Waals surface area contributed by atoms with Crippen molar-refractivity contribution >= 4 is 23.4 Å². The molecule has 0 bridgehead atoms. The van der Waals surface area contributed by atoms with Gasteiger partial charge in [-0.2, -0.15) is 5.26 Å². The number of hydrogen-bond acceptors (Lipinski definition) is 3. The lowest BCUT2D eigenvalue weighted by Crippen LogP contribution is -2.14. The third-order valence-electron chi connectivity index (χ3n) is 3.03. The minimum absolute atomic E-state index is 0.0522. The van der Waals surface area contributed by atoms with Gasteiger partial charge in [0.1, 0.15) is 0 Å². The molecule has 3 nitrogen and oxygen atoms in total. The zero-order valence-electron chi connectivity index (χ0n) is 11.8. The van der Waals surface area contributed by atoms with E-state index in [1.807, 2.05) is 12.1 Å². The van der Waals surface area contributed by atoms with Gasteiger partial charge in [-0.05, 0) is 36.2 Å². The molecule has 0 unspecified atom stereocenters. The Balaban J connectivity index is 1.83. The number of hydrogen-bond donors (Lipinski definition) is 1. The highest BCUT2D eigenvalue weighted by Gasteiger charge is 2.04. The number of thioether (sulfide) groups is 1. The topological polar surface area (TPSA) is 52.9 Å². The molecule has 0 fully saturated rings. The van der Waals surface area contributed by atoms with Crippen LogP contribution < -0.4 is 5.32 Å². The van der Waals surface area contributed by atoms with Crippen LogP contribution in [0.2, 0.25) is 0 Å². The molecule has 106 valence electrons. The standard InChI is InChI=1S/C17H16N2OS/c1-13-5-2-3-7-15(13)11-21-12-17(20)19-16-8-4-6-14(9-16)10-18/h2-9H,11-12H2,1H3,(H,19,20). The van der Waals surface area contributed by atoms with E-state index in [1.54, 1.807) is 36.0 Å². The molecule has 0 saturated carbocycles. The number of nitrogens with zero attached hydrogens (tertiary/aromatic N) is 1. The highest BCUT2D eigenvalue weighted by Crippen LogP contribution is 2.16. The van der Waals surface area contributed by atoms with Crippen molar-refractivity contribution in [1.29, 1.82) is 5.26 Å². The third-order valence-corrected chi connectivity index (χ3v) is 4.01. The molecule has 0 radical (unpaired) electrons. The molecule has 2 rings (SSSR count). The van der Waals surface area contributed by atoms with Gasteiger partial charge in [-0.15, -0.1) is 11.8 Å². The molecule has 0 aliphatic heterocycles. The van der Waals surface area contributed by atoms with Crippen molar-refractivity contribution in [3.8, 4) is 6.07 Å². The Kier molecular flexibility index (Phi) is 5.42. The molecule has 0 aliphatic carbocycles. The van der Waals surface area contributed by atoms with Gasteiger partial charge in [-0.25, -0.2) is 0 Å². The molecular formula is C17H16N2OS. The van der Waals surface area contributed by atoms with Gasteiger partial charge in [-0.3, -0.25) is 4.79 Å². The molecule has 21 heavy (non-hydrogen) atoms.